The fourth-order valence-electron chi connectivity index (χ4n) is 3.21. The SMILES string of the molecule is CCCOc1nc2c(c(=O)n(C)c(=O)n2C)n1CCCC(=O)N/N=C/c1ccc(O)cc1O. The van der Waals surface area contributed by atoms with E-state index in [-0.39, 0.29) is 47.5 Å². The average molecular weight is 458 g/mol. The molecular formula is C21H26N6O6. The molecule has 0 saturated heterocycles. The fraction of sp³-hybridized carbons (Fsp3) is 0.381. The highest BCUT2D eigenvalue weighted by Crippen LogP contribution is 2.21. The Morgan fingerprint density at radius 3 is 2.70 bits per heavy atom. The number of hydrazone groups is 1. The van der Waals surface area contributed by atoms with Crippen molar-refractivity contribution in [2.75, 3.05) is 6.61 Å². The quantitative estimate of drug-likeness (QED) is 0.313. The van der Waals surface area contributed by atoms with Crippen molar-refractivity contribution in [3.63, 3.8) is 0 Å². The first-order valence-corrected chi connectivity index (χ1v) is 10.4. The maximum Gasteiger partial charge on any atom is 0.332 e. The summed E-state index contributed by atoms with van der Waals surface area (Å²) in [6.07, 6.45) is 2.44. The van der Waals surface area contributed by atoms with Gasteiger partial charge in [-0.15, -0.1) is 0 Å². The lowest BCUT2D eigenvalue weighted by Gasteiger charge is -2.09. The van der Waals surface area contributed by atoms with Crippen molar-refractivity contribution in [2.24, 2.45) is 19.2 Å². The minimum Gasteiger partial charge on any atom is -0.508 e. The van der Waals surface area contributed by atoms with Crippen LogP contribution in [0.5, 0.6) is 17.5 Å². The monoisotopic (exact) mass is 458 g/mol. The molecule has 3 N–H and O–H groups in total. The molecule has 0 radical (unpaired) electrons. The van der Waals surface area contributed by atoms with E-state index < -0.39 is 11.2 Å². The number of phenolic OH excluding ortho intramolecular Hbond substituents is 2. The molecule has 12 heteroatoms. The van der Waals surface area contributed by atoms with Gasteiger partial charge in [-0.3, -0.25) is 23.3 Å². The third-order valence-corrected chi connectivity index (χ3v) is 4.94. The molecule has 33 heavy (non-hydrogen) atoms. The highest BCUT2D eigenvalue weighted by atomic mass is 16.5. The number of hydrogen-bond donors (Lipinski definition) is 3. The molecule has 0 atom stereocenters. The summed E-state index contributed by atoms with van der Waals surface area (Å²) in [5.74, 6) is -0.626. The van der Waals surface area contributed by atoms with Gasteiger partial charge in [0.2, 0.25) is 5.91 Å². The number of fused-ring (bicyclic) bond motifs is 1. The molecule has 1 amide bonds. The Hall–Kier alpha value is -4.09. The third kappa shape index (κ3) is 5.05. The van der Waals surface area contributed by atoms with E-state index in [1.807, 2.05) is 6.92 Å². The highest BCUT2D eigenvalue weighted by Gasteiger charge is 2.20. The Balaban J connectivity index is 1.72. The second-order valence-electron chi connectivity index (χ2n) is 7.41. The number of aryl methyl sites for hydroxylation is 2. The van der Waals surface area contributed by atoms with Gasteiger partial charge in [-0.05, 0) is 25.0 Å². The Morgan fingerprint density at radius 1 is 1.24 bits per heavy atom. The molecule has 0 aliphatic carbocycles. The lowest BCUT2D eigenvalue weighted by Crippen LogP contribution is -2.37. The number of aromatic nitrogens is 4. The molecule has 0 aliphatic rings. The van der Waals surface area contributed by atoms with Crippen LogP contribution in [0.1, 0.15) is 31.7 Å². The predicted molar refractivity (Wildman–Crippen MR) is 121 cm³/mol. The van der Waals surface area contributed by atoms with Crippen molar-refractivity contribution in [2.45, 2.75) is 32.7 Å². The van der Waals surface area contributed by atoms with Gasteiger partial charge in [-0.1, -0.05) is 6.92 Å². The van der Waals surface area contributed by atoms with Crippen LogP contribution in [0.2, 0.25) is 0 Å². The molecule has 176 valence electrons. The molecular weight excluding hydrogens is 432 g/mol. The van der Waals surface area contributed by atoms with E-state index in [1.54, 1.807) is 4.57 Å². The first-order chi connectivity index (χ1) is 15.7. The Morgan fingerprint density at radius 2 is 2.00 bits per heavy atom. The van der Waals surface area contributed by atoms with Gasteiger partial charge in [0.15, 0.2) is 11.2 Å². The van der Waals surface area contributed by atoms with Gasteiger partial charge in [0, 0.05) is 38.7 Å². The van der Waals surface area contributed by atoms with Crippen molar-refractivity contribution in [1.29, 1.82) is 0 Å². The number of amides is 1. The number of benzene rings is 1. The molecule has 3 aromatic rings. The first-order valence-electron chi connectivity index (χ1n) is 10.4. The van der Waals surface area contributed by atoms with Crippen molar-refractivity contribution >= 4 is 23.3 Å². The van der Waals surface area contributed by atoms with Crippen molar-refractivity contribution in [3.8, 4) is 17.5 Å². The minimum absolute atomic E-state index is 0.0853. The van der Waals surface area contributed by atoms with E-state index >= 15 is 0 Å². The molecule has 1 aromatic carbocycles. The summed E-state index contributed by atoms with van der Waals surface area (Å²) < 4.78 is 9.54. The summed E-state index contributed by atoms with van der Waals surface area (Å²) in [6, 6.07) is 4.22. The molecule has 2 heterocycles. The smallest absolute Gasteiger partial charge is 0.332 e. The minimum atomic E-state index is -0.491. The topological polar surface area (TPSA) is 153 Å². The van der Waals surface area contributed by atoms with E-state index in [0.717, 1.165) is 17.1 Å². The van der Waals surface area contributed by atoms with Crippen LogP contribution in [0.4, 0.5) is 0 Å². The highest BCUT2D eigenvalue weighted by molar-refractivity contribution is 5.85. The van der Waals surface area contributed by atoms with E-state index in [4.69, 9.17) is 4.74 Å². The zero-order valence-corrected chi connectivity index (χ0v) is 18.6. The van der Waals surface area contributed by atoms with Crippen LogP contribution < -0.4 is 21.4 Å². The van der Waals surface area contributed by atoms with Crippen molar-refractivity contribution < 1.29 is 19.7 Å². The summed E-state index contributed by atoms with van der Waals surface area (Å²) >= 11 is 0. The number of phenols is 2. The maximum absolute atomic E-state index is 12.7. The zero-order chi connectivity index (χ0) is 24.1. The van der Waals surface area contributed by atoms with Gasteiger partial charge in [-0.2, -0.15) is 10.1 Å². The van der Waals surface area contributed by atoms with E-state index in [0.29, 0.717) is 18.6 Å². The van der Waals surface area contributed by atoms with E-state index in [1.165, 1.54) is 37.0 Å². The van der Waals surface area contributed by atoms with Crippen LogP contribution in [-0.2, 0) is 25.4 Å². The number of aromatic hydroxyl groups is 2. The lowest BCUT2D eigenvalue weighted by molar-refractivity contribution is -0.121. The van der Waals surface area contributed by atoms with Gasteiger partial charge in [0.05, 0.1) is 12.8 Å². The molecule has 0 aliphatic heterocycles. The first kappa shape index (κ1) is 23.6. The summed E-state index contributed by atoms with van der Waals surface area (Å²) in [6.45, 7) is 2.58. The van der Waals surface area contributed by atoms with Gasteiger partial charge in [0.1, 0.15) is 11.5 Å². The second kappa shape index (κ2) is 10.0. The lowest BCUT2D eigenvalue weighted by atomic mass is 10.2. The molecule has 0 spiro atoms. The summed E-state index contributed by atoms with van der Waals surface area (Å²) in [7, 11) is 2.92. The largest absolute Gasteiger partial charge is 0.508 e. The number of carbonyl (C=O) groups is 1. The Labute approximate surface area is 188 Å². The fourth-order valence-corrected chi connectivity index (χ4v) is 3.21. The van der Waals surface area contributed by atoms with Crippen LogP contribution in [0.3, 0.4) is 0 Å². The second-order valence-corrected chi connectivity index (χ2v) is 7.41. The number of ether oxygens (including phenoxy) is 1. The third-order valence-electron chi connectivity index (χ3n) is 4.94. The number of rotatable bonds is 9. The maximum atomic E-state index is 12.7. The summed E-state index contributed by atoms with van der Waals surface area (Å²) in [5, 5.41) is 22.8. The molecule has 3 rings (SSSR count). The van der Waals surface area contributed by atoms with E-state index in [9.17, 15) is 24.6 Å². The molecule has 12 nitrogen and oxygen atoms in total. The summed E-state index contributed by atoms with van der Waals surface area (Å²) in [5.41, 5.74) is 2.16. The van der Waals surface area contributed by atoms with Crippen LogP contribution in [-0.4, -0.2) is 47.6 Å². The van der Waals surface area contributed by atoms with Gasteiger partial charge in [0.25, 0.3) is 11.6 Å². The van der Waals surface area contributed by atoms with Crippen LogP contribution >= 0.6 is 0 Å². The number of nitrogens with one attached hydrogen (secondary N) is 1. The predicted octanol–water partition coefficient (Wildman–Crippen LogP) is 0.564. The van der Waals surface area contributed by atoms with Gasteiger partial charge < -0.3 is 14.9 Å². The standard InChI is InChI=1S/C21H26N6O6/c1-4-10-33-20-23-18-17(19(31)26(3)21(32)25(18)2)27(20)9-5-6-16(30)24-22-12-13-7-8-14(28)11-15(13)29/h7-8,11-12,28-29H,4-6,9-10H2,1-3H3,(H,24,30)/b22-12+. The molecule has 2 aromatic heterocycles. The Bertz CT molecular complexity index is 1320. The average Bonchev–Trinajstić information content (AvgIpc) is 3.14. The number of hydrogen-bond acceptors (Lipinski definition) is 8. The molecule has 0 saturated carbocycles. The molecule has 0 bridgehead atoms. The van der Waals surface area contributed by atoms with E-state index in [2.05, 4.69) is 15.5 Å². The van der Waals surface area contributed by atoms with Crippen LogP contribution in [0.15, 0.2) is 32.9 Å². The number of imidazole rings is 1. The molecule has 0 unspecified atom stereocenters. The van der Waals surface area contributed by atoms with Crippen LogP contribution in [0.25, 0.3) is 11.2 Å². The number of carbonyl (C=O) groups excluding carboxylic acids is 1. The summed E-state index contributed by atoms with van der Waals surface area (Å²) in [4.78, 5) is 41.4. The zero-order valence-electron chi connectivity index (χ0n) is 18.6. The normalized spacial score (nSPS) is 11.4. The number of nitrogens with zero attached hydrogens (tertiary/aromatic N) is 5. The van der Waals surface area contributed by atoms with Gasteiger partial charge in [-0.25, -0.2) is 10.2 Å². The Kier molecular flexibility index (Phi) is 7.16. The van der Waals surface area contributed by atoms with Crippen molar-refractivity contribution in [3.05, 3.63) is 44.6 Å². The van der Waals surface area contributed by atoms with Gasteiger partial charge >= 0.3 is 5.69 Å². The van der Waals surface area contributed by atoms with Crippen LogP contribution in [0, 0.1) is 0 Å². The van der Waals surface area contributed by atoms with Crippen molar-refractivity contribution in [1.82, 2.24) is 24.1 Å². The molecule has 0 fully saturated rings.